The van der Waals surface area contributed by atoms with Gasteiger partial charge in [-0.25, -0.2) is 0 Å². The summed E-state index contributed by atoms with van der Waals surface area (Å²) in [7, 11) is 0. The fourth-order valence-corrected chi connectivity index (χ4v) is 2.87. The molecule has 0 aliphatic carbocycles. The van der Waals surface area contributed by atoms with Gasteiger partial charge in [0.25, 0.3) is 0 Å². The lowest BCUT2D eigenvalue weighted by Gasteiger charge is -2.27. The third kappa shape index (κ3) is 3.95. The topological polar surface area (TPSA) is 83.6 Å². The lowest BCUT2D eigenvalue weighted by Crippen LogP contribution is -2.49. The highest BCUT2D eigenvalue weighted by Crippen LogP contribution is 2.22. The maximum absolute atomic E-state index is 12.2. The van der Waals surface area contributed by atoms with Crippen molar-refractivity contribution in [1.29, 1.82) is 5.26 Å². The molecule has 1 atom stereocenters. The van der Waals surface area contributed by atoms with Crippen LogP contribution >= 0.6 is 11.8 Å². The standard InChI is InChI=1S/C17H21N5OS/c1-12(2)17(4,11-18)19-15(23)10-24-16-21-20-13(3)22(16)14-8-6-5-7-9-14/h5-9,12H,10H2,1-4H3,(H,19,23). The van der Waals surface area contributed by atoms with E-state index < -0.39 is 5.54 Å². The maximum Gasteiger partial charge on any atom is 0.231 e. The fourth-order valence-electron chi connectivity index (χ4n) is 2.07. The summed E-state index contributed by atoms with van der Waals surface area (Å²) in [6.45, 7) is 7.42. The summed E-state index contributed by atoms with van der Waals surface area (Å²) in [5.74, 6) is 0.757. The molecule has 0 bridgehead atoms. The zero-order chi connectivity index (χ0) is 17.7. The molecule has 0 fully saturated rings. The van der Waals surface area contributed by atoms with Gasteiger partial charge in [0.1, 0.15) is 11.4 Å². The molecule has 2 rings (SSSR count). The number of aryl methyl sites for hydroxylation is 1. The number of nitrogens with zero attached hydrogens (tertiary/aromatic N) is 4. The van der Waals surface area contributed by atoms with Crippen molar-refractivity contribution >= 4 is 17.7 Å². The van der Waals surface area contributed by atoms with E-state index in [9.17, 15) is 10.1 Å². The van der Waals surface area contributed by atoms with E-state index in [1.165, 1.54) is 11.8 Å². The summed E-state index contributed by atoms with van der Waals surface area (Å²) in [5.41, 5.74) is 0.0765. The first-order valence-electron chi connectivity index (χ1n) is 7.70. The molecule has 1 heterocycles. The Labute approximate surface area is 146 Å². The number of amides is 1. The number of rotatable bonds is 6. The van der Waals surface area contributed by atoms with Gasteiger partial charge in [0, 0.05) is 5.69 Å². The number of thioether (sulfide) groups is 1. The molecule has 0 spiro atoms. The highest BCUT2D eigenvalue weighted by atomic mass is 32.2. The molecule has 0 aliphatic heterocycles. The van der Waals surface area contributed by atoms with Crippen LogP contribution in [0.25, 0.3) is 5.69 Å². The fraction of sp³-hybridized carbons (Fsp3) is 0.412. The molecule has 7 heteroatoms. The van der Waals surface area contributed by atoms with Crippen LogP contribution in [0.5, 0.6) is 0 Å². The van der Waals surface area contributed by atoms with Crippen molar-refractivity contribution < 1.29 is 4.79 Å². The van der Waals surface area contributed by atoms with Crippen molar-refractivity contribution in [1.82, 2.24) is 20.1 Å². The minimum atomic E-state index is -0.874. The Bertz CT molecular complexity index is 750. The number of para-hydroxylation sites is 1. The van der Waals surface area contributed by atoms with E-state index in [1.807, 2.05) is 55.7 Å². The third-order valence-electron chi connectivity index (χ3n) is 3.93. The second-order valence-electron chi connectivity index (χ2n) is 6.01. The van der Waals surface area contributed by atoms with E-state index in [0.717, 1.165) is 11.5 Å². The van der Waals surface area contributed by atoms with Gasteiger partial charge in [0.2, 0.25) is 5.91 Å². The average molecular weight is 343 g/mol. The zero-order valence-electron chi connectivity index (χ0n) is 14.3. The first kappa shape index (κ1) is 18.0. The van der Waals surface area contributed by atoms with E-state index in [-0.39, 0.29) is 17.6 Å². The molecule has 0 saturated carbocycles. The Kier molecular flexibility index (Phi) is 5.62. The van der Waals surface area contributed by atoms with Gasteiger partial charge in [-0.1, -0.05) is 43.8 Å². The lowest BCUT2D eigenvalue weighted by molar-refractivity contribution is -0.120. The van der Waals surface area contributed by atoms with Gasteiger partial charge < -0.3 is 5.32 Å². The minimum absolute atomic E-state index is 0.0201. The monoisotopic (exact) mass is 343 g/mol. The molecule has 0 aliphatic rings. The number of carbonyl (C=O) groups excluding carboxylic acids is 1. The molecule has 1 N–H and O–H groups in total. The van der Waals surface area contributed by atoms with Crippen molar-refractivity contribution in [2.75, 3.05) is 5.75 Å². The van der Waals surface area contributed by atoms with Crippen molar-refractivity contribution in [2.45, 2.75) is 38.4 Å². The molecular formula is C17H21N5OS. The summed E-state index contributed by atoms with van der Waals surface area (Å²) in [4.78, 5) is 12.2. The molecule has 126 valence electrons. The van der Waals surface area contributed by atoms with Gasteiger partial charge in [0.05, 0.1) is 11.8 Å². The summed E-state index contributed by atoms with van der Waals surface area (Å²) in [6.07, 6.45) is 0. The van der Waals surface area contributed by atoms with Crippen LogP contribution in [-0.4, -0.2) is 32.0 Å². The lowest BCUT2D eigenvalue weighted by atomic mass is 9.90. The maximum atomic E-state index is 12.2. The third-order valence-corrected chi connectivity index (χ3v) is 4.86. The summed E-state index contributed by atoms with van der Waals surface area (Å²) in [5, 5.41) is 21.0. The van der Waals surface area contributed by atoms with Gasteiger partial charge >= 0.3 is 0 Å². The van der Waals surface area contributed by atoms with E-state index >= 15 is 0 Å². The van der Waals surface area contributed by atoms with Crippen LogP contribution in [0, 0.1) is 24.2 Å². The van der Waals surface area contributed by atoms with Crippen LogP contribution in [0.3, 0.4) is 0 Å². The number of aromatic nitrogens is 3. The molecule has 0 radical (unpaired) electrons. The summed E-state index contributed by atoms with van der Waals surface area (Å²) < 4.78 is 1.91. The van der Waals surface area contributed by atoms with Crippen LogP contribution in [0.15, 0.2) is 35.5 Å². The predicted octanol–water partition coefficient (Wildman–Crippen LogP) is 2.72. The molecule has 2 aromatic rings. The van der Waals surface area contributed by atoms with Gasteiger partial charge in [-0.2, -0.15) is 5.26 Å². The Morgan fingerprint density at radius 2 is 2.04 bits per heavy atom. The zero-order valence-corrected chi connectivity index (χ0v) is 15.1. The molecule has 6 nitrogen and oxygen atoms in total. The summed E-state index contributed by atoms with van der Waals surface area (Å²) in [6, 6.07) is 11.9. The van der Waals surface area contributed by atoms with Gasteiger partial charge in [-0.3, -0.25) is 9.36 Å². The Balaban J connectivity index is 2.09. The Hall–Kier alpha value is -2.33. The number of nitrogens with one attached hydrogen (secondary N) is 1. The molecule has 1 unspecified atom stereocenters. The van der Waals surface area contributed by atoms with Crippen LogP contribution in [-0.2, 0) is 4.79 Å². The van der Waals surface area contributed by atoms with Crippen LogP contribution in [0.4, 0.5) is 0 Å². The van der Waals surface area contributed by atoms with Gasteiger partial charge in [0.15, 0.2) is 5.16 Å². The molecule has 1 amide bonds. The molecule has 0 saturated heterocycles. The Morgan fingerprint density at radius 3 is 2.62 bits per heavy atom. The molecular weight excluding hydrogens is 322 g/mol. The van der Waals surface area contributed by atoms with Crippen LogP contribution < -0.4 is 5.32 Å². The van der Waals surface area contributed by atoms with E-state index in [4.69, 9.17) is 0 Å². The van der Waals surface area contributed by atoms with Crippen molar-refractivity contribution in [3.63, 3.8) is 0 Å². The van der Waals surface area contributed by atoms with E-state index in [2.05, 4.69) is 21.6 Å². The average Bonchev–Trinajstić information content (AvgIpc) is 2.94. The van der Waals surface area contributed by atoms with Gasteiger partial charge in [-0.15, -0.1) is 10.2 Å². The highest BCUT2D eigenvalue weighted by Gasteiger charge is 2.30. The second kappa shape index (κ2) is 7.49. The molecule has 1 aromatic carbocycles. The van der Waals surface area contributed by atoms with E-state index in [0.29, 0.717) is 5.16 Å². The largest absolute Gasteiger partial charge is 0.337 e. The summed E-state index contributed by atoms with van der Waals surface area (Å²) >= 11 is 1.30. The number of hydrogen-bond acceptors (Lipinski definition) is 5. The number of nitriles is 1. The smallest absolute Gasteiger partial charge is 0.231 e. The van der Waals surface area contributed by atoms with Crippen LogP contribution in [0.1, 0.15) is 26.6 Å². The van der Waals surface area contributed by atoms with Gasteiger partial charge in [-0.05, 0) is 31.9 Å². The first-order valence-corrected chi connectivity index (χ1v) is 8.68. The quantitative estimate of drug-likeness (QED) is 0.815. The molecule has 1 aromatic heterocycles. The van der Waals surface area contributed by atoms with Crippen molar-refractivity contribution in [3.05, 3.63) is 36.2 Å². The van der Waals surface area contributed by atoms with Crippen molar-refractivity contribution in [3.8, 4) is 11.8 Å². The number of hydrogen-bond donors (Lipinski definition) is 1. The van der Waals surface area contributed by atoms with E-state index in [1.54, 1.807) is 6.92 Å². The number of benzene rings is 1. The Morgan fingerprint density at radius 1 is 1.38 bits per heavy atom. The molecule has 24 heavy (non-hydrogen) atoms. The normalized spacial score (nSPS) is 13.3. The highest BCUT2D eigenvalue weighted by molar-refractivity contribution is 7.99. The first-order chi connectivity index (χ1) is 11.4. The van der Waals surface area contributed by atoms with Crippen molar-refractivity contribution in [2.24, 2.45) is 5.92 Å². The van der Waals surface area contributed by atoms with Crippen LogP contribution in [0.2, 0.25) is 0 Å². The SMILES string of the molecule is Cc1nnc(SCC(=O)NC(C)(C#N)C(C)C)n1-c1ccccc1. The predicted molar refractivity (Wildman–Crippen MR) is 93.8 cm³/mol. The number of carbonyl (C=O) groups is 1. The second-order valence-corrected chi connectivity index (χ2v) is 6.95. The minimum Gasteiger partial charge on any atom is -0.337 e.